The predicted octanol–water partition coefficient (Wildman–Crippen LogP) is 2.65. The lowest BCUT2D eigenvalue weighted by Gasteiger charge is -2.18. The first kappa shape index (κ1) is 25.5. The van der Waals surface area contributed by atoms with Gasteiger partial charge in [0.15, 0.2) is 23.9 Å². The van der Waals surface area contributed by atoms with Crippen LogP contribution in [0.5, 0.6) is 5.75 Å². The normalized spacial score (nSPS) is 12.3. The standard InChI is InChI=1S/C27H23FN6O5/c1-2-22(35)17-6-3-15(4-7-17)11-30-27(38)21-10-20(33-25-18(28)13-31-34(21)25)26(37)29-12-16-5-8-23-19(9-16)32-24(36)14-39-23/h3-10,13H,2,11-12,14H2,1H3,(H,29,37)(H,30,38)(H,32,36). The Morgan fingerprint density at radius 2 is 1.74 bits per heavy atom. The van der Waals surface area contributed by atoms with Gasteiger partial charge in [0.2, 0.25) is 0 Å². The molecule has 3 heterocycles. The lowest BCUT2D eigenvalue weighted by molar-refractivity contribution is -0.118. The van der Waals surface area contributed by atoms with Gasteiger partial charge in [-0.25, -0.2) is 13.9 Å². The number of hydrogen-bond donors (Lipinski definition) is 3. The maximum atomic E-state index is 14.4. The highest BCUT2D eigenvalue weighted by molar-refractivity contribution is 5.99. The van der Waals surface area contributed by atoms with E-state index in [1.807, 2.05) is 0 Å². The number of nitrogens with zero attached hydrogens (tertiary/aromatic N) is 3. The third-order valence-electron chi connectivity index (χ3n) is 6.07. The molecule has 0 saturated carbocycles. The molecular formula is C27H23FN6O5. The Hall–Kier alpha value is -5.13. The van der Waals surface area contributed by atoms with Crippen molar-refractivity contribution in [3.05, 3.63) is 88.6 Å². The molecule has 3 amide bonds. The number of halogens is 1. The largest absolute Gasteiger partial charge is 0.482 e. The summed E-state index contributed by atoms with van der Waals surface area (Å²) in [5.74, 6) is -1.77. The number of benzene rings is 2. The summed E-state index contributed by atoms with van der Waals surface area (Å²) in [5.41, 5.74) is 1.96. The van der Waals surface area contributed by atoms with Gasteiger partial charge in [-0.05, 0) is 23.3 Å². The summed E-state index contributed by atoms with van der Waals surface area (Å²) in [7, 11) is 0. The van der Waals surface area contributed by atoms with Crippen LogP contribution in [0.1, 0.15) is 55.8 Å². The van der Waals surface area contributed by atoms with Crippen LogP contribution in [0.2, 0.25) is 0 Å². The number of ketones is 1. The number of anilines is 1. The fourth-order valence-corrected chi connectivity index (χ4v) is 4.01. The van der Waals surface area contributed by atoms with Gasteiger partial charge in [0.25, 0.3) is 17.7 Å². The van der Waals surface area contributed by atoms with Crippen LogP contribution in [0, 0.1) is 5.82 Å². The van der Waals surface area contributed by atoms with Crippen LogP contribution in [-0.2, 0) is 17.9 Å². The zero-order valence-corrected chi connectivity index (χ0v) is 20.8. The van der Waals surface area contributed by atoms with E-state index in [9.17, 15) is 23.6 Å². The Balaban J connectivity index is 1.31. The van der Waals surface area contributed by atoms with Crippen molar-refractivity contribution in [2.75, 3.05) is 11.9 Å². The molecule has 2 aromatic heterocycles. The fraction of sp³-hybridized carbons (Fsp3) is 0.185. The number of carbonyl (C=O) groups excluding carboxylic acids is 4. The Kier molecular flexibility index (Phi) is 7.00. The highest BCUT2D eigenvalue weighted by atomic mass is 19.1. The Labute approximate surface area is 221 Å². The van der Waals surface area contributed by atoms with Crippen LogP contribution in [0.4, 0.5) is 10.1 Å². The molecule has 0 unspecified atom stereocenters. The molecule has 0 spiro atoms. The van der Waals surface area contributed by atoms with Gasteiger partial charge < -0.3 is 20.7 Å². The van der Waals surface area contributed by atoms with Crippen molar-refractivity contribution < 1.29 is 28.3 Å². The van der Waals surface area contributed by atoms with Crippen molar-refractivity contribution in [1.29, 1.82) is 0 Å². The number of nitrogens with one attached hydrogen (secondary N) is 3. The maximum absolute atomic E-state index is 14.4. The summed E-state index contributed by atoms with van der Waals surface area (Å²) < 4.78 is 20.7. The predicted molar refractivity (Wildman–Crippen MR) is 137 cm³/mol. The number of aromatic nitrogens is 3. The van der Waals surface area contributed by atoms with Crippen molar-refractivity contribution in [3.63, 3.8) is 0 Å². The topological polar surface area (TPSA) is 144 Å². The summed E-state index contributed by atoms with van der Waals surface area (Å²) in [6.45, 7) is 1.93. The summed E-state index contributed by atoms with van der Waals surface area (Å²) >= 11 is 0. The lowest BCUT2D eigenvalue weighted by atomic mass is 10.1. The number of hydrogen-bond acceptors (Lipinski definition) is 7. The second kappa shape index (κ2) is 10.7. The molecule has 0 radical (unpaired) electrons. The fourth-order valence-electron chi connectivity index (χ4n) is 4.01. The average molecular weight is 531 g/mol. The van der Waals surface area contributed by atoms with Crippen molar-refractivity contribution in [2.24, 2.45) is 0 Å². The monoisotopic (exact) mass is 530 g/mol. The molecule has 5 rings (SSSR count). The summed E-state index contributed by atoms with van der Waals surface area (Å²) in [5, 5.41) is 12.0. The first-order valence-electron chi connectivity index (χ1n) is 12.1. The number of rotatable bonds is 8. The minimum Gasteiger partial charge on any atom is -0.482 e. The molecule has 3 N–H and O–H groups in total. The number of amides is 3. The van der Waals surface area contributed by atoms with Crippen LogP contribution < -0.4 is 20.7 Å². The first-order valence-corrected chi connectivity index (χ1v) is 12.1. The van der Waals surface area contributed by atoms with E-state index in [1.165, 1.54) is 6.07 Å². The van der Waals surface area contributed by atoms with E-state index in [4.69, 9.17) is 4.74 Å². The molecule has 2 aromatic carbocycles. The van der Waals surface area contributed by atoms with Crippen molar-refractivity contribution in [1.82, 2.24) is 25.2 Å². The Morgan fingerprint density at radius 1 is 1.03 bits per heavy atom. The Morgan fingerprint density at radius 3 is 2.51 bits per heavy atom. The summed E-state index contributed by atoms with van der Waals surface area (Å²) in [6, 6.07) is 13.1. The van der Waals surface area contributed by atoms with Crippen LogP contribution in [0.3, 0.4) is 0 Å². The van der Waals surface area contributed by atoms with Gasteiger partial charge in [0, 0.05) is 31.1 Å². The van der Waals surface area contributed by atoms with Gasteiger partial charge in [-0.15, -0.1) is 0 Å². The molecule has 1 aliphatic rings. The molecule has 39 heavy (non-hydrogen) atoms. The number of Topliss-reactive ketones (excluding diaryl/α,β-unsaturated/α-hetero) is 1. The van der Waals surface area contributed by atoms with Gasteiger partial charge in [-0.2, -0.15) is 5.10 Å². The molecule has 4 aromatic rings. The number of carbonyl (C=O) groups is 4. The Bertz CT molecular complexity index is 1620. The second-order valence-corrected chi connectivity index (χ2v) is 8.76. The van der Waals surface area contributed by atoms with E-state index in [1.54, 1.807) is 49.4 Å². The van der Waals surface area contributed by atoms with E-state index < -0.39 is 17.6 Å². The van der Waals surface area contributed by atoms with Gasteiger partial charge in [-0.3, -0.25) is 19.2 Å². The quantitative estimate of drug-likeness (QED) is 0.297. The van der Waals surface area contributed by atoms with Crippen molar-refractivity contribution in [2.45, 2.75) is 26.4 Å². The minimum absolute atomic E-state index is 0.0173. The van der Waals surface area contributed by atoms with Crippen LogP contribution in [-0.4, -0.2) is 44.7 Å². The molecule has 198 valence electrons. The minimum atomic E-state index is -0.791. The molecular weight excluding hydrogens is 507 g/mol. The molecule has 0 saturated heterocycles. The van der Waals surface area contributed by atoms with E-state index in [2.05, 4.69) is 26.0 Å². The van der Waals surface area contributed by atoms with E-state index >= 15 is 0 Å². The van der Waals surface area contributed by atoms with Crippen LogP contribution >= 0.6 is 0 Å². The average Bonchev–Trinajstić information content (AvgIpc) is 3.34. The SMILES string of the molecule is CCC(=O)c1ccc(CNC(=O)c2cc(C(=O)NCc3ccc4c(c3)NC(=O)CO4)nc3c(F)cnn23)cc1. The van der Waals surface area contributed by atoms with Gasteiger partial charge in [0.05, 0.1) is 11.9 Å². The molecule has 12 heteroatoms. The lowest BCUT2D eigenvalue weighted by Crippen LogP contribution is -2.29. The van der Waals surface area contributed by atoms with Gasteiger partial charge in [-0.1, -0.05) is 37.3 Å². The molecule has 0 aliphatic carbocycles. The third-order valence-corrected chi connectivity index (χ3v) is 6.07. The molecule has 0 atom stereocenters. The smallest absolute Gasteiger partial charge is 0.270 e. The molecule has 0 bridgehead atoms. The first-order chi connectivity index (χ1) is 18.8. The van der Waals surface area contributed by atoms with Crippen LogP contribution in [0.15, 0.2) is 54.7 Å². The molecule has 1 aliphatic heterocycles. The van der Waals surface area contributed by atoms with Gasteiger partial charge >= 0.3 is 0 Å². The number of ether oxygens (including phenoxy) is 1. The molecule has 0 fully saturated rings. The second-order valence-electron chi connectivity index (χ2n) is 8.76. The zero-order valence-electron chi connectivity index (χ0n) is 20.8. The van der Waals surface area contributed by atoms with Crippen molar-refractivity contribution >= 4 is 34.8 Å². The number of fused-ring (bicyclic) bond motifs is 2. The highest BCUT2D eigenvalue weighted by Gasteiger charge is 2.21. The third kappa shape index (κ3) is 5.44. The van der Waals surface area contributed by atoms with Crippen LogP contribution in [0.25, 0.3) is 5.65 Å². The van der Waals surface area contributed by atoms with E-state index in [0.717, 1.165) is 16.3 Å². The van der Waals surface area contributed by atoms with Crippen molar-refractivity contribution in [3.8, 4) is 5.75 Å². The zero-order chi connectivity index (χ0) is 27.5. The van der Waals surface area contributed by atoms with E-state index in [-0.39, 0.29) is 48.4 Å². The van der Waals surface area contributed by atoms with Gasteiger partial charge in [0.1, 0.15) is 17.1 Å². The molecule has 11 nitrogen and oxygen atoms in total. The summed E-state index contributed by atoms with van der Waals surface area (Å²) in [6.07, 6.45) is 1.30. The van der Waals surface area contributed by atoms with E-state index in [0.29, 0.717) is 29.0 Å². The maximum Gasteiger partial charge on any atom is 0.270 e. The highest BCUT2D eigenvalue weighted by Crippen LogP contribution is 2.28. The summed E-state index contributed by atoms with van der Waals surface area (Å²) in [4.78, 5) is 53.4.